The highest BCUT2D eigenvalue weighted by Crippen LogP contribution is 2.38. The van der Waals surface area contributed by atoms with Crippen molar-refractivity contribution < 1.29 is 4.74 Å². The zero-order valence-corrected chi connectivity index (χ0v) is 8.38. The lowest BCUT2D eigenvalue weighted by Crippen LogP contribution is -2.54. The van der Waals surface area contributed by atoms with Gasteiger partial charge < -0.3 is 10.5 Å². The number of unbranched alkanes of at least 4 members (excludes halogenated alkanes) is 1. The highest BCUT2D eigenvalue weighted by Gasteiger charge is 2.42. The molecule has 0 bridgehead atoms. The molecule has 74 valence electrons. The van der Waals surface area contributed by atoms with E-state index in [1.54, 1.807) is 7.11 Å². The summed E-state index contributed by atoms with van der Waals surface area (Å²) in [6, 6.07) is 0.166. The van der Waals surface area contributed by atoms with E-state index in [1.165, 1.54) is 6.42 Å². The van der Waals surface area contributed by atoms with Gasteiger partial charge in [0, 0.05) is 19.6 Å². The largest absolute Gasteiger partial charge is 0.377 e. The second kappa shape index (κ2) is 4.64. The van der Waals surface area contributed by atoms with Crippen LogP contribution >= 0.6 is 0 Å². The highest BCUT2D eigenvalue weighted by atomic mass is 16.5. The third-order valence-corrected chi connectivity index (χ3v) is 3.12. The molecule has 13 heavy (non-hydrogen) atoms. The molecule has 0 spiro atoms. The van der Waals surface area contributed by atoms with Crippen LogP contribution in [0.3, 0.4) is 0 Å². The van der Waals surface area contributed by atoms with Crippen LogP contribution in [0.4, 0.5) is 0 Å². The molecule has 1 atom stereocenters. The Bertz CT molecular complexity index is 185. The van der Waals surface area contributed by atoms with E-state index in [4.69, 9.17) is 16.9 Å². The van der Waals surface area contributed by atoms with Crippen molar-refractivity contribution in [3.63, 3.8) is 0 Å². The Labute approximate surface area is 80.8 Å². The maximum atomic E-state index is 6.07. The summed E-state index contributed by atoms with van der Waals surface area (Å²) in [5, 5.41) is 0. The maximum absolute atomic E-state index is 6.07. The molecule has 1 aliphatic carbocycles. The van der Waals surface area contributed by atoms with Crippen LogP contribution in [0.2, 0.25) is 0 Å². The van der Waals surface area contributed by atoms with Crippen LogP contribution in [0.5, 0.6) is 0 Å². The molecular formula is C11H19NO. The van der Waals surface area contributed by atoms with E-state index in [1.807, 2.05) is 0 Å². The van der Waals surface area contributed by atoms with Crippen LogP contribution in [-0.2, 0) is 4.74 Å². The first-order valence-electron chi connectivity index (χ1n) is 4.99. The zero-order chi connectivity index (χ0) is 9.73. The van der Waals surface area contributed by atoms with Crippen molar-refractivity contribution in [1.29, 1.82) is 0 Å². The Kier molecular flexibility index (Phi) is 3.77. The van der Waals surface area contributed by atoms with Crippen LogP contribution in [0.15, 0.2) is 0 Å². The highest BCUT2D eigenvalue weighted by molar-refractivity contribution is 4.98. The van der Waals surface area contributed by atoms with Crippen molar-refractivity contribution in [3.05, 3.63) is 0 Å². The van der Waals surface area contributed by atoms with Gasteiger partial charge in [-0.3, -0.25) is 0 Å². The molecule has 2 N–H and O–H groups in total. The Morgan fingerprint density at radius 3 is 2.69 bits per heavy atom. The van der Waals surface area contributed by atoms with E-state index >= 15 is 0 Å². The fraction of sp³-hybridized carbons (Fsp3) is 0.818. The Hall–Kier alpha value is -0.520. The second-order valence-electron chi connectivity index (χ2n) is 3.83. The van der Waals surface area contributed by atoms with Crippen molar-refractivity contribution in [2.24, 2.45) is 5.73 Å². The lowest BCUT2D eigenvalue weighted by molar-refractivity contribution is -0.0916. The molecule has 2 nitrogen and oxygen atoms in total. The molecule has 1 rings (SSSR count). The smallest absolute Gasteiger partial charge is 0.0828 e. The fourth-order valence-corrected chi connectivity index (χ4v) is 1.94. The fourth-order valence-electron chi connectivity index (χ4n) is 1.94. The summed E-state index contributed by atoms with van der Waals surface area (Å²) in [5.74, 6) is 2.63. The van der Waals surface area contributed by atoms with Crippen LogP contribution < -0.4 is 5.73 Å². The minimum Gasteiger partial charge on any atom is -0.377 e. The van der Waals surface area contributed by atoms with Gasteiger partial charge >= 0.3 is 0 Å². The van der Waals surface area contributed by atoms with E-state index < -0.39 is 0 Å². The maximum Gasteiger partial charge on any atom is 0.0828 e. The van der Waals surface area contributed by atoms with Crippen molar-refractivity contribution in [2.75, 3.05) is 7.11 Å². The number of nitrogens with two attached hydrogens (primary N) is 1. The van der Waals surface area contributed by atoms with Gasteiger partial charge in [-0.15, -0.1) is 12.3 Å². The predicted molar refractivity (Wildman–Crippen MR) is 54.3 cm³/mol. The van der Waals surface area contributed by atoms with Gasteiger partial charge in [0.25, 0.3) is 0 Å². The lowest BCUT2D eigenvalue weighted by Gasteiger charge is -2.45. The zero-order valence-electron chi connectivity index (χ0n) is 8.38. The Balaban J connectivity index is 2.29. The summed E-state index contributed by atoms with van der Waals surface area (Å²) in [6.07, 6.45) is 11.5. The Morgan fingerprint density at radius 2 is 2.31 bits per heavy atom. The van der Waals surface area contributed by atoms with Gasteiger partial charge in [0.1, 0.15) is 0 Å². The molecule has 1 fully saturated rings. The van der Waals surface area contributed by atoms with Crippen LogP contribution in [0.1, 0.15) is 38.5 Å². The molecule has 0 radical (unpaired) electrons. The summed E-state index contributed by atoms with van der Waals surface area (Å²) in [6.45, 7) is 0. The summed E-state index contributed by atoms with van der Waals surface area (Å²) in [4.78, 5) is 0. The first kappa shape index (κ1) is 10.6. The topological polar surface area (TPSA) is 35.2 Å². The third kappa shape index (κ3) is 2.24. The van der Waals surface area contributed by atoms with Crippen LogP contribution in [0.25, 0.3) is 0 Å². The van der Waals surface area contributed by atoms with Crippen molar-refractivity contribution in [3.8, 4) is 12.3 Å². The molecular weight excluding hydrogens is 162 g/mol. The van der Waals surface area contributed by atoms with Gasteiger partial charge in [0.2, 0.25) is 0 Å². The normalized spacial score (nSPS) is 21.6. The summed E-state index contributed by atoms with van der Waals surface area (Å²) < 4.78 is 5.49. The minimum atomic E-state index is -0.0192. The summed E-state index contributed by atoms with van der Waals surface area (Å²) in [5.41, 5.74) is 6.05. The molecule has 0 saturated heterocycles. The van der Waals surface area contributed by atoms with E-state index in [0.29, 0.717) is 0 Å². The Morgan fingerprint density at radius 1 is 1.62 bits per heavy atom. The van der Waals surface area contributed by atoms with Crippen molar-refractivity contribution in [1.82, 2.24) is 0 Å². The van der Waals surface area contributed by atoms with Crippen LogP contribution in [-0.4, -0.2) is 18.8 Å². The number of terminal acetylenes is 1. The molecule has 0 aromatic carbocycles. The number of hydrogen-bond donors (Lipinski definition) is 1. The van der Waals surface area contributed by atoms with Gasteiger partial charge in [-0.1, -0.05) is 0 Å². The predicted octanol–water partition coefficient (Wildman–Crippen LogP) is 1.69. The van der Waals surface area contributed by atoms with Gasteiger partial charge in [-0.05, 0) is 32.1 Å². The quantitative estimate of drug-likeness (QED) is 0.517. The van der Waals surface area contributed by atoms with Gasteiger partial charge in [0.15, 0.2) is 0 Å². The average Bonchev–Trinajstić information content (AvgIpc) is 2.04. The molecule has 1 saturated carbocycles. The van der Waals surface area contributed by atoms with E-state index in [0.717, 1.165) is 32.1 Å². The van der Waals surface area contributed by atoms with Gasteiger partial charge in [-0.25, -0.2) is 0 Å². The first-order valence-corrected chi connectivity index (χ1v) is 4.99. The third-order valence-electron chi connectivity index (χ3n) is 3.12. The average molecular weight is 181 g/mol. The molecule has 1 aliphatic rings. The van der Waals surface area contributed by atoms with Crippen molar-refractivity contribution >= 4 is 0 Å². The van der Waals surface area contributed by atoms with Crippen molar-refractivity contribution in [2.45, 2.75) is 50.2 Å². The van der Waals surface area contributed by atoms with E-state index in [-0.39, 0.29) is 11.6 Å². The molecule has 1 unspecified atom stereocenters. The van der Waals surface area contributed by atoms with Gasteiger partial charge in [0.05, 0.1) is 5.60 Å². The molecule has 2 heteroatoms. The SMILES string of the molecule is C#CCCCC(N)C1(OC)CCC1. The van der Waals surface area contributed by atoms with Crippen LogP contribution in [0, 0.1) is 12.3 Å². The standard InChI is InChI=1S/C11H19NO/c1-3-4-5-7-10(12)11(13-2)8-6-9-11/h1,10H,4-9,12H2,2H3. The molecule has 0 aromatic heterocycles. The second-order valence-corrected chi connectivity index (χ2v) is 3.83. The first-order chi connectivity index (χ1) is 6.25. The number of hydrogen-bond acceptors (Lipinski definition) is 2. The molecule has 0 heterocycles. The molecule has 0 amide bonds. The lowest BCUT2D eigenvalue weighted by atomic mass is 9.73. The van der Waals surface area contributed by atoms with E-state index in [2.05, 4.69) is 5.92 Å². The summed E-state index contributed by atoms with van der Waals surface area (Å²) >= 11 is 0. The van der Waals surface area contributed by atoms with E-state index in [9.17, 15) is 0 Å². The van der Waals surface area contributed by atoms with Gasteiger partial charge in [-0.2, -0.15) is 0 Å². The number of ether oxygens (including phenoxy) is 1. The number of rotatable bonds is 5. The molecule has 0 aromatic rings. The summed E-state index contributed by atoms with van der Waals surface area (Å²) in [7, 11) is 1.76. The molecule has 0 aliphatic heterocycles. The minimum absolute atomic E-state index is 0.0192. The monoisotopic (exact) mass is 181 g/mol. The number of methoxy groups -OCH3 is 1.